The van der Waals surface area contributed by atoms with E-state index < -0.39 is 18.0 Å². The lowest BCUT2D eigenvalue weighted by atomic mass is 9.85. The second kappa shape index (κ2) is 10.6. The highest BCUT2D eigenvalue weighted by Gasteiger charge is 2.27. The summed E-state index contributed by atoms with van der Waals surface area (Å²) in [4.78, 5) is 34.2. The van der Waals surface area contributed by atoms with Crippen LogP contribution in [0.5, 0.6) is 0 Å². The first kappa shape index (κ1) is 25.4. The second-order valence-corrected chi connectivity index (χ2v) is 10.0. The van der Waals surface area contributed by atoms with Crippen LogP contribution in [-0.2, 0) is 6.54 Å². The predicted molar refractivity (Wildman–Crippen MR) is 138 cm³/mol. The summed E-state index contributed by atoms with van der Waals surface area (Å²) in [5, 5.41) is 3.55. The van der Waals surface area contributed by atoms with Crippen LogP contribution in [0.2, 0.25) is 10.0 Å². The van der Waals surface area contributed by atoms with Gasteiger partial charge in [0.1, 0.15) is 5.69 Å². The Morgan fingerprint density at radius 1 is 1.05 bits per heavy atom. The van der Waals surface area contributed by atoms with Crippen molar-refractivity contribution in [2.24, 2.45) is 5.92 Å². The summed E-state index contributed by atoms with van der Waals surface area (Å²) in [5.74, 6) is -0.401. The Morgan fingerprint density at radius 3 is 2.49 bits per heavy atom. The van der Waals surface area contributed by atoms with Crippen LogP contribution in [0.1, 0.15) is 48.2 Å². The number of nitrogens with zero attached hydrogens (tertiary/aromatic N) is 4. The molecule has 1 aromatic carbocycles. The molecule has 0 aliphatic heterocycles. The van der Waals surface area contributed by atoms with Crippen molar-refractivity contribution in [3.8, 4) is 5.69 Å². The van der Waals surface area contributed by atoms with Gasteiger partial charge < -0.3 is 5.32 Å². The highest BCUT2D eigenvalue weighted by atomic mass is 35.5. The van der Waals surface area contributed by atoms with Gasteiger partial charge in [0.05, 0.1) is 21.8 Å². The lowest BCUT2D eigenvalue weighted by Gasteiger charge is -2.29. The van der Waals surface area contributed by atoms with Crippen molar-refractivity contribution in [2.45, 2.75) is 44.7 Å². The minimum absolute atomic E-state index is 0.121. The monoisotopic (exact) mass is 545 g/mol. The molecule has 4 aromatic rings. The lowest BCUT2D eigenvalue weighted by Crippen LogP contribution is -2.39. The summed E-state index contributed by atoms with van der Waals surface area (Å²) < 4.78 is 29.9. The van der Waals surface area contributed by atoms with E-state index >= 15 is 0 Å². The Morgan fingerprint density at radius 2 is 1.78 bits per heavy atom. The zero-order chi connectivity index (χ0) is 26.1. The number of aromatic nitrogens is 4. The molecule has 0 atom stereocenters. The van der Waals surface area contributed by atoms with E-state index in [-0.39, 0.29) is 28.2 Å². The highest BCUT2D eigenvalue weighted by molar-refractivity contribution is 6.31. The number of carbonyl (C=O) groups is 1. The largest absolute Gasteiger partial charge is 0.349 e. The first-order valence-electron chi connectivity index (χ1n) is 11.9. The Bertz CT molecular complexity index is 1500. The molecule has 0 unspecified atom stereocenters. The number of hydrogen-bond acceptors (Lipinski definition) is 4. The van der Waals surface area contributed by atoms with E-state index in [0.717, 1.165) is 24.6 Å². The molecule has 3 aromatic heterocycles. The summed E-state index contributed by atoms with van der Waals surface area (Å²) in [6, 6.07) is 11.8. The molecule has 1 saturated carbocycles. The van der Waals surface area contributed by atoms with Crippen LogP contribution in [-0.4, -0.2) is 31.1 Å². The first-order valence-corrected chi connectivity index (χ1v) is 12.6. The number of amides is 1. The Labute approximate surface area is 221 Å². The molecular formula is C26H23Cl2F2N5O2. The van der Waals surface area contributed by atoms with Gasteiger partial charge >= 0.3 is 5.69 Å². The fourth-order valence-corrected chi connectivity index (χ4v) is 5.19. The maximum atomic E-state index is 13.4. The number of hydrogen-bond donors (Lipinski definition) is 1. The first-order chi connectivity index (χ1) is 17.8. The van der Waals surface area contributed by atoms with Crippen LogP contribution in [0, 0.1) is 5.92 Å². The van der Waals surface area contributed by atoms with Crippen LogP contribution in [0.4, 0.5) is 8.78 Å². The molecule has 1 aliphatic carbocycles. The molecule has 3 heterocycles. The molecule has 0 saturated heterocycles. The summed E-state index contributed by atoms with van der Waals surface area (Å²) in [7, 11) is 0. The van der Waals surface area contributed by atoms with Crippen molar-refractivity contribution >= 4 is 40.3 Å². The predicted octanol–water partition coefficient (Wildman–Crippen LogP) is 5.82. The van der Waals surface area contributed by atoms with E-state index in [1.54, 1.807) is 45.7 Å². The average Bonchev–Trinajstić information content (AvgIpc) is 3.16. The fraction of sp³-hybridized carbons (Fsp3) is 0.308. The van der Waals surface area contributed by atoms with Gasteiger partial charge in [0.2, 0.25) is 0 Å². The molecule has 1 fully saturated rings. The van der Waals surface area contributed by atoms with Gasteiger partial charge in [-0.2, -0.15) is 0 Å². The van der Waals surface area contributed by atoms with E-state index in [0.29, 0.717) is 35.7 Å². The summed E-state index contributed by atoms with van der Waals surface area (Å²) in [6.07, 6.45) is 2.74. The minimum atomic E-state index is -2.88. The molecule has 11 heteroatoms. The van der Waals surface area contributed by atoms with Gasteiger partial charge in [-0.05, 0) is 74.1 Å². The number of alkyl halides is 2. The molecule has 0 bridgehead atoms. The zero-order valence-electron chi connectivity index (χ0n) is 19.6. The molecule has 0 spiro atoms. The SMILES string of the molecule is O=C(N[C@H]1CC[C@H](Cn2c(=O)n(-c3ccc(Cl)cc3)c3ncccc32)CC1)c1cc(Cl)cnc1C(F)F. The topological polar surface area (TPSA) is 81.8 Å². The van der Waals surface area contributed by atoms with Gasteiger partial charge in [0.15, 0.2) is 5.65 Å². The number of benzene rings is 1. The van der Waals surface area contributed by atoms with Crippen molar-refractivity contribution in [2.75, 3.05) is 0 Å². The van der Waals surface area contributed by atoms with E-state index in [2.05, 4.69) is 15.3 Å². The van der Waals surface area contributed by atoms with Crippen LogP contribution in [0.25, 0.3) is 16.9 Å². The van der Waals surface area contributed by atoms with Gasteiger partial charge in [0.25, 0.3) is 12.3 Å². The quantitative estimate of drug-likeness (QED) is 0.331. The van der Waals surface area contributed by atoms with Crippen molar-refractivity contribution in [1.29, 1.82) is 0 Å². The van der Waals surface area contributed by atoms with Crippen LogP contribution in [0.3, 0.4) is 0 Å². The van der Waals surface area contributed by atoms with E-state index in [9.17, 15) is 18.4 Å². The smallest absolute Gasteiger partial charge is 0.334 e. The van der Waals surface area contributed by atoms with Gasteiger partial charge in [-0.3, -0.25) is 14.3 Å². The lowest BCUT2D eigenvalue weighted by molar-refractivity contribution is 0.0904. The molecule has 1 amide bonds. The second-order valence-electron chi connectivity index (χ2n) is 9.13. The highest BCUT2D eigenvalue weighted by Crippen LogP contribution is 2.28. The maximum Gasteiger partial charge on any atom is 0.334 e. The number of rotatable bonds is 6. The molecule has 7 nitrogen and oxygen atoms in total. The van der Waals surface area contributed by atoms with Crippen molar-refractivity contribution in [3.05, 3.63) is 86.6 Å². The molecule has 1 N–H and O–H groups in total. The van der Waals surface area contributed by atoms with Crippen molar-refractivity contribution < 1.29 is 13.6 Å². The molecule has 5 rings (SSSR count). The van der Waals surface area contributed by atoms with E-state index in [1.807, 2.05) is 6.07 Å². The maximum absolute atomic E-state index is 13.4. The van der Waals surface area contributed by atoms with Gasteiger partial charge in [-0.25, -0.2) is 23.1 Å². The molecule has 1 aliphatic rings. The summed E-state index contributed by atoms with van der Waals surface area (Å²) in [5.41, 5.74) is 1.02. The normalized spacial score (nSPS) is 17.9. The number of carbonyl (C=O) groups excluding carboxylic acids is 1. The average molecular weight is 546 g/mol. The third-order valence-electron chi connectivity index (χ3n) is 6.73. The van der Waals surface area contributed by atoms with Gasteiger partial charge in [-0.1, -0.05) is 23.2 Å². The third-order valence-corrected chi connectivity index (χ3v) is 7.19. The minimum Gasteiger partial charge on any atom is -0.349 e. The van der Waals surface area contributed by atoms with Crippen LogP contribution < -0.4 is 11.0 Å². The van der Waals surface area contributed by atoms with E-state index in [1.165, 1.54) is 6.07 Å². The molecule has 0 radical (unpaired) electrons. The number of imidazole rings is 1. The summed E-state index contributed by atoms with van der Waals surface area (Å²) in [6.45, 7) is 0.510. The van der Waals surface area contributed by atoms with Crippen LogP contribution >= 0.6 is 23.2 Å². The molecule has 192 valence electrons. The number of halogens is 4. The van der Waals surface area contributed by atoms with Gasteiger partial charge in [0, 0.05) is 30.0 Å². The zero-order valence-corrected chi connectivity index (χ0v) is 21.1. The third kappa shape index (κ3) is 5.24. The van der Waals surface area contributed by atoms with E-state index in [4.69, 9.17) is 23.2 Å². The van der Waals surface area contributed by atoms with Gasteiger partial charge in [-0.15, -0.1) is 0 Å². The standard InChI is InChI=1S/C26H23Cl2F2N5O2/c27-16-5-9-19(10-6-16)35-24-21(2-1-11-31-24)34(26(35)37)14-15-3-7-18(8-4-15)33-25(36)20-12-17(28)13-32-22(20)23(29)30/h1-2,5-6,9-13,15,18,23H,3-4,7-8,14H2,(H,33,36)/t15-,18-. The number of nitrogens with one attached hydrogen (secondary N) is 1. The van der Waals surface area contributed by atoms with Crippen molar-refractivity contribution in [3.63, 3.8) is 0 Å². The Balaban J connectivity index is 1.30. The fourth-order valence-electron chi connectivity index (χ4n) is 4.90. The molecular weight excluding hydrogens is 523 g/mol. The number of fused-ring (bicyclic) bond motifs is 1. The molecule has 37 heavy (non-hydrogen) atoms. The Kier molecular flexibility index (Phi) is 7.26. The number of pyridine rings is 2. The van der Waals surface area contributed by atoms with Crippen molar-refractivity contribution in [1.82, 2.24) is 24.4 Å². The van der Waals surface area contributed by atoms with Crippen LogP contribution in [0.15, 0.2) is 59.7 Å². The summed E-state index contributed by atoms with van der Waals surface area (Å²) >= 11 is 11.9. The Hall–Kier alpha value is -3.30.